The summed E-state index contributed by atoms with van der Waals surface area (Å²) < 4.78 is 16.0. The highest BCUT2D eigenvalue weighted by Gasteiger charge is 2.20. The Bertz CT molecular complexity index is 715. The number of nitrogens with one attached hydrogen (secondary N) is 1. The molecule has 1 saturated heterocycles. The van der Waals surface area contributed by atoms with Crippen LogP contribution in [0.3, 0.4) is 0 Å². The average Bonchev–Trinajstić information content (AvgIpc) is 3.10. The highest BCUT2D eigenvalue weighted by molar-refractivity contribution is 6.32. The summed E-state index contributed by atoms with van der Waals surface area (Å²) in [5.41, 5.74) is 1.01. The second-order valence-corrected chi connectivity index (χ2v) is 5.70. The molecule has 3 rings (SSSR count). The Labute approximate surface area is 144 Å². The number of benzene rings is 1. The molecule has 0 radical (unpaired) electrons. The van der Waals surface area contributed by atoms with Crippen LogP contribution in [0.4, 0.5) is 5.69 Å². The summed E-state index contributed by atoms with van der Waals surface area (Å²) in [4.78, 5) is 16.4. The van der Waals surface area contributed by atoms with E-state index < -0.39 is 0 Å². The molecule has 7 heteroatoms. The van der Waals surface area contributed by atoms with Gasteiger partial charge >= 0.3 is 0 Å². The number of amides is 1. The van der Waals surface area contributed by atoms with Crippen LogP contribution in [0.2, 0.25) is 5.02 Å². The van der Waals surface area contributed by atoms with Crippen LogP contribution in [0.25, 0.3) is 0 Å². The quantitative estimate of drug-likeness (QED) is 0.898. The summed E-state index contributed by atoms with van der Waals surface area (Å²) >= 11 is 6.17. The number of methoxy groups -OCH3 is 1. The number of pyridine rings is 1. The van der Waals surface area contributed by atoms with Gasteiger partial charge in [0, 0.05) is 18.3 Å². The van der Waals surface area contributed by atoms with Crippen LogP contribution in [0.5, 0.6) is 11.6 Å². The van der Waals surface area contributed by atoms with Crippen LogP contribution >= 0.6 is 11.6 Å². The highest BCUT2D eigenvalue weighted by atomic mass is 35.5. The summed E-state index contributed by atoms with van der Waals surface area (Å²) in [5, 5.41) is 3.07. The van der Waals surface area contributed by atoms with E-state index in [4.69, 9.17) is 25.8 Å². The van der Waals surface area contributed by atoms with Crippen LogP contribution in [0.15, 0.2) is 36.5 Å². The zero-order valence-electron chi connectivity index (χ0n) is 13.1. The fraction of sp³-hybridized carbons (Fsp3) is 0.294. The number of rotatable bonds is 5. The van der Waals surface area contributed by atoms with Crippen LogP contribution in [-0.2, 0) is 4.74 Å². The van der Waals surface area contributed by atoms with Gasteiger partial charge < -0.3 is 19.5 Å². The molecular formula is C17H17ClN2O4. The molecule has 0 saturated carbocycles. The van der Waals surface area contributed by atoms with Gasteiger partial charge in [0.25, 0.3) is 5.91 Å². The molecule has 1 unspecified atom stereocenters. The second kappa shape index (κ2) is 7.51. The molecule has 24 heavy (non-hydrogen) atoms. The van der Waals surface area contributed by atoms with E-state index in [9.17, 15) is 4.79 Å². The predicted octanol–water partition coefficient (Wildman–Crippen LogP) is 3.16. The SMILES string of the molecule is COc1ccc(NC(=O)c2cnc(OC3CCOC3)c(Cl)c2)cc1. The van der Waals surface area contributed by atoms with E-state index in [1.807, 2.05) is 0 Å². The van der Waals surface area contributed by atoms with Crippen molar-refractivity contribution in [2.45, 2.75) is 12.5 Å². The van der Waals surface area contributed by atoms with Crippen molar-refractivity contribution in [1.29, 1.82) is 0 Å². The Morgan fingerprint density at radius 1 is 1.38 bits per heavy atom. The van der Waals surface area contributed by atoms with Crippen LogP contribution < -0.4 is 14.8 Å². The molecule has 1 atom stereocenters. The summed E-state index contributed by atoms with van der Waals surface area (Å²) in [6.45, 7) is 1.20. The zero-order chi connectivity index (χ0) is 16.9. The van der Waals surface area contributed by atoms with Gasteiger partial charge in [-0.3, -0.25) is 4.79 Å². The maximum atomic E-state index is 12.3. The molecule has 1 fully saturated rings. The first kappa shape index (κ1) is 16.5. The molecule has 1 N–H and O–H groups in total. The molecule has 1 aliphatic rings. The van der Waals surface area contributed by atoms with Crippen LogP contribution in [0.1, 0.15) is 16.8 Å². The lowest BCUT2D eigenvalue weighted by Gasteiger charge is -2.12. The van der Waals surface area contributed by atoms with Gasteiger partial charge in [0.1, 0.15) is 16.9 Å². The van der Waals surface area contributed by atoms with E-state index in [0.717, 1.165) is 12.2 Å². The molecule has 126 valence electrons. The van der Waals surface area contributed by atoms with Crippen molar-refractivity contribution in [3.05, 3.63) is 47.1 Å². The lowest BCUT2D eigenvalue weighted by Crippen LogP contribution is -2.17. The Kier molecular flexibility index (Phi) is 5.17. The topological polar surface area (TPSA) is 69.7 Å². The van der Waals surface area contributed by atoms with E-state index in [2.05, 4.69) is 10.3 Å². The summed E-state index contributed by atoms with van der Waals surface area (Å²) in [7, 11) is 1.59. The Morgan fingerprint density at radius 3 is 2.79 bits per heavy atom. The third-order valence-corrected chi connectivity index (χ3v) is 3.85. The Morgan fingerprint density at radius 2 is 2.17 bits per heavy atom. The molecule has 6 nitrogen and oxygen atoms in total. The lowest BCUT2D eigenvalue weighted by molar-refractivity contribution is 0.102. The first-order chi connectivity index (χ1) is 11.7. The molecule has 0 aliphatic carbocycles. The monoisotopic (exact) mass is 348 g/mol. The molecule has 2 aromatic rings. The maximum Gasteiger partial charge on any atom is 0.257 e. The maximum absolute atomic E-state index is 12.3. The Hall–Kier alpha value is -2.31. The number of hydrogen-bond donors (Lipinski definition) is 1. The number of ether oxygens (including phenoxy) is 3. The fourth-order valence-corrected chi connectivity index (χ4v) is 2.49. The molecule has 1 amide bonds. The van der Waals surface area contributed by atoms with Gasteiger partial charge in [0.2, 0.25) is 5.88 Å². The second-order valence-electron chi connectivity index (χ2n) is 5.30. The zero-order valence-corrected chi connectivity index (χ0v) is 13.9. The van der Waals surface area contributed by atoms with Gasteiger partial charge in [-0.05, 0) is 30.3 Å². The van der Waals surface area contributed by atoms with Crippen molar-refractivity contribution in [1.82, 2.24) is 4.98 Å². The normalized spacial score (nSPS) is 16.7. The van der Waals surface area contributed by atoms with E-state index in [0.29, 0.717) is 35.4 Å². The number of anilines is 1. The summed E-state index contributed by atoms with van der Waals surface area (Å²) in [5.74, 6) is 0.730. The minimum absolute atomic E-state index is 0.0472. The predicted molar refractivity (Wildman–Crippen MR) is 90.0 cm³/mol. The van der Waals surface area contributed by atoms with Crippen molar-refractivity contribution in [2.24, 2.45) is 0 Å². The summed E-state index contributed by atoms with van der Waals surface area (Å²) in [6.07, 6.45) is 2.20. The lowest BCUT2D eigenvalue weighted by atomic mass is 10.2. The van der Waals surface area contributed by atoms with Crippen LogP contribution in [-0.4, -0.2) is 37.3 Å². The number of nitrogens with zero attached hydrogens (tertiary/aromatic N) is 1. The highest BCUT2D eigenvalue weighted by Crippen LogP contribution is 2.25. The van der Waals surface area contributed by atoms with Crippen molar-refractivity contribution in [2.75, 3.05) is 25.6 Å². The molecule has 1 aliphatic heterocycles. The minimum atomic E-state index is -0.301. The van der Waals surface area contributed by atoms with Gasteiger partial charge in [-0.1, -0.05) is 11.6 Å². The molecule has 1 aromatic heterocycles. The molecule has 0 bridgehead atoms. The third-order valence-electron chi connectivity index (χ3n) is 3.58. The summed E-state index contributed by atoms with van der Waals surface area (Å²) in [6, 6.07) is 8.58. The van der Waals surface area contributed by atoms with Gasteiger partial charge in [0.15, 0.2) is 0 Å². The van der Waals surface area contributed by atoms with Crippen molar-refractivity contribution in [3.63, 3.8) is 0 Å². The van der Waals surface area contributed by atoms with Crippen LogP contribution in [0, 0.1) is 0 Å². The first-order valence-electron chi connectivity index (χ1n) is 7.51. The number of carbonyl (C=O) groups is 1. The van der Waals surface area contributed by atoms with Crippen molar-refractivity contribution < 1.29 is 19.0 Å². The third kappa shape index (κ3) is 3.96. The standard InChI is InChI=1S/C17H17ClN2O4/c1-22-13-4-2-12(3-5-13)20-16(21)11-8-15(18)17(19-9-11)24-14-6-7-23-10-14/h2-5,8-9,14H,6-7,10H2,1H3,(H,20,21). The van der Waals surface area contributed by atoms with Crippen molar-refractivity contribution >= 4 is 23.2 Å². The van der Waals surface area contributed by atoms with E-state index in [1.165, 1.54) is 6.20 Å². The van der Waals surface area contributed by atoms with Gasteiger partial charge in [0.05, 0.1) is 25.9 Å². The number of hydrogen-bond acceptors (Lipinski definition) is 5. The average molecular weight is 349 g/mol. The molecule has 1 aromatic carbocycles. The van der Waals surface area contributed by atoms with E-state index in [-0.39, 0.29) is 12.0 Å². The van der Waals surface area contributed by atoms with E-state index in [1.54, 1.807) is 37.4 Å². The van der Waals surface area contributed by atoms with Crippen molar-refractivity contribution in [3.8, 4) is 11.6 Å². The van der Waals surface area contributed by atoms with Gasteiger partial charge in [-0.2, -0.15) is 0 Å². The number of aromatic nitrogens is 1. The molecule has 2 heterocycles. The number of carbonyl (C=O) groups excluding carboxylic acids is 1. The van der Waals surface area contributed by atoms with E-state index >= 15 is 0 Å². The smallest absolute Gasteiger partial charge is 0.257 e. The first-order valence-corrected chi connectivity index (χ1v) is 7.89. The minimum Gasteiger partial charge on any atom is -0.497 e. The molecule has 0 spiro atoms. The van der Waals surface area contributed by atoms with Gasteiger partial charge in [-0.15, -0.1) is 0 Å². The fourth-order valence-electron chi connectivity index (χ4n) is 2.28. The molecular weight excluding hydrogens is 332 g/mol. The largest absolute Gasteiger partial charge is 0.497 e. The number of halogens is 1. The Balaban J connectivity index is 1.66. The van der Waals surface area contributed by atoms with Gasteiger partial charge in [-0.25, -0.2) is 4.98 Å².